The minimum Gasteiger partial charge on any atom is -0.489 e. The van der Waals surface area contributed by atoms with E-state index in [4.69, 9.17) is 10.5 Å². The van der Waals surface area contributed by atoms with Crippen LogP contribution < -0.4 is 15.4 Å². The number of Topliss-reactive ketones (excluding diaryl/α,β-unsaturated/α-hetero) is 1. The zero-order valence-corrected chi connectivity index (χ0v) is 23.6. The molecule has 1 aliphatic heterocycles. The SMILES string of the molecule is Cc1ccc(OCc2cc(C)cc(C3C(C#N)=C(N)N(c4cccc(F)c4)C4=C3C(=O)CC(C)(C)C4)c2C)cc1. The van der Waals surface area contributed by atoms with Crippen LogP contribution in [0.1, 0.15) is 60.4 Å². The molecule has 0 spiro atoms. The molecule has 204 valence electrons. The number of ketones is 1. The lowest BCUT2D eigenvalue weighted by Crippen LogP contribution is -2.42. The van der Waals surface area contributed by atoms with Crippen LogP contribution in [-0.4, -0.2) is 5.78 Å². The summed E-state index contributed by atoms with van der Waals surface area (Å²) in [7, 11) is 0. The number of ether oxygens (including phenoxy) is 1. The van der Waals surface area contributed by atoms with E-state index in [1.54, 1.807) is 17.0 Å². The number of nitriles is 1. The molecule has 40 heavy (non-hydrogen) atoms. The smallest absolute Gasteiger partial charge is 0.162 e. The van der Waals surface area contributed by atoms with Gasteiger partial charge in [0.1, 0.15) is 24.0 Å². The molecular weight excluding hydrogens is 501 g/mol. The van der Waals surface area contributed by atoms with Crippen molar-refractivity contribution in [1.82, 2.24) is 0 Å². The molecule has 0 amide bonds. The number of aryl methyl sites for hydroxylation is 2. The Morgan fingerprint density at radius 3 is 2.45 bits per heavy atom. The molecule has 0 bridgehead atoms. The number of hydrogen-bond acceptors (Lipinski definition) is 5. The lowest BCUT2D eigenvalue weighted by Gasteiger charge is -2.44. The number of carbonyl (C=O) groups excluding carboxylic acids is 1. The molecule has 0 radical (unpaired) electrons. The molecule has 1 unspecified atom stereocenters. The summed E-state index contributed by atoms with van der Waals surface area (Å²) in [6.45, 7) is 10.5. The number of nitrogens with zero attached hydrogens (tertiary/aromatic N) is 2. The summed E-state index contributed by atoms with van der Waals surface area (Å²) >= 11 is 0. The van der Waals surface area contributed by atoms with Gasteiger partial charge in [0.05, 0.1) is 23.2 Å². The van der Waals surface area contributed by atoms with Gasteiger partial charge in [0.2, 0.25) is 0 Å². The topological polar surface area (TPSA) is 79.3 Å². The highest BCUT2D eigenvalue weighted by Gasteiger charge is 2.45. The molecule has 2 aliphatic rings. The summed E-state index contributed by atoms with van der Waals surface area (Å²) < 4.78 is 20.5. The Morgan fingerprint density at radius 1 is 1.05 bits per heavy atom. The van der Waals surface area contributed by atoms with Gasteiger partial charge in [0, 0.05) is 17.7 Å². The van der Waals surface area contributed by atoms with E-state index in [1.165, 1.54) is 12.1 Å². The highest BCUT2D eigenvalue weighted by atomic mass is 19.1. The monoisotopic (exact) mass is 535 g/mol. The Kier molecular flexibility index (Phi) is 7.01. The van der Waals surface area contributed by atoms with Crippen LogP contribution in [0.4, 0.5) is 10.1 Å². The number of allylic oxidation sites excluding steroid dienone is 3. The second-order valence-corrected chi connectivity index (χ2v) is 11.7. The lowest BCUT2D eigenvalue weighted by atomic mass is 9.68. The highest BCUT2D eigenvalue weighted by Crippen LogP contribution is 2.51. The molecular formula is C34H34FN3O2. The third kappa shape index (κ3) is 5.00. The number of rotatable bonds is 5. The minimum absolute atomic E-state index is 0.0173. The fraction of sp³-hybridized carbons (Fsp3) is 0.294. The van der Waals surface area contributed by atoms with Gasteiger partial charge in [-0.25, -0.2) is 4.39 Å². The average Bonchev–Trinajstić information content (AvgIpc) is 2.88. The maximum atomic E-state index is 14.3. The van der Waals surface area contributed by atoms with E-state index in [0.717, 1.165) is 39.3 Å². The van der Waals surface area contributed by atoms with Gasteiger partial charge in [-0.1, -0.05) is 55.3 Å². The molecule has 5 rings (SSSR count). The summed E-state index contributed by atoms with van der Waals surface area (Å²) in [5.41, 5.74) is 13.5. The number of carbonyl (C=O) groups is 1. The van der Waals surface area contributed by atoms with Crippen molar-refractivity contribution in [2.45, 2.75) is 60.0 Å². The van der Waals surface area contributed by atoms with Crippen LogP contribution in [0.5, 0.6) is 5.75 Å². The summed E-state index contributed by atoms with van der Waals surface area (Å²) in [4.78, 5) is 15.6. The first-order valence-corrected chi connectivity index (χ1v) is 13.5. The van der Waals surface area contributed by atoms with Crippen molar-refractivity contribution in [2.75, 3.05) is 4.90 Å². The molecule has 3 aromatic carbocycles. The third-order valence-corrected chi connectivity index (χ3v) is 7.87. The molecule has 0 saturated carbocycles. The van der Waals surface area contributed by atoms with Gasteiger partial charge < -0.3 is 10.5 Å². The Labute approximate surface area is 235 Å². The fourth-order valence-corrected chi connectivity index (χ4v) is 5.94. The second kappa shape index (κ2) is 10.3. The summed E-state index contributed by atoms with van der Waals surface area (Å²) in [6, 6.07) is 20.5. The van der Waals surface area contributed by atoms with Crippen LogP contribution in [0.15, 0.2) is 83.3 Å². The van der Waals surface area contributed by atoms with Gasteiger partial charge >= 0.3 is 0 Å². The van der Waals surface area contributed by atoms with E-state index in [1.807, 2.05) is 65.0 Å². The maximum absolute atomic E-state index is 14.3. The Morgan fingerprint density at radius 2 is 1.77 bits per heavy atom. The summed E-state index contributed by atoms with van der Waals surface area (Å²) in [6.07, 6.45) is 0.918. The standard InChI is InChI=1S/C34H34FN3O2/c1-20-9-11-26(12-10-20)40-19-23-13-21(2)14-27(22(23)3)31-28(18-36)33(37)38(25-8-6-7-24(35)15-25)29-16-34(4,5)17-30(39)32(29)31/h6-15,31H,16-17,19,37H2,1-5H3. The Bertz CT molecular complexity index is 1610. The number of anilines is 1. The van der Waals surface area contributed by atoms with E-state index in [2.05, 4.69) is 12.1 Å². The van der Waals surface area contributed by atoms with Crippen LogP contribution in [0, 0.1) is 43.3 Å². The number of nitrogens with two attached hydrogens (primary N) is 1. The Balaban J connectivity index is 1.67. The molecule has 6 heteroatoms. The Hall–Kier alpha value is -4.37. The zero-order chi connectivity index (χ0) is 28.8. The average molecular weight is 536 g/mol. The summed E-state index contributed by atoms with van der Waals surface area (Å²) in [5, 5.41) is 10.4. The van der Waals surface area contributed by atoms with Gasteiger partial charge in [-0.2, -0.15) is 5.26 Å². The minimum atomic E-state index is -0.619. The molecule has 2 N–H and O–H groups in total. The van der Waals surface area contributed by atoms with Gasteiger partial charge in [0.15, 0.2) is 5.78 Å². The maximum Gasteiger partial charge on any atom is 0.162 e. The predicted octanol–water partition coefficient (Wildman–Crippen LogP) is 7.27. The third-order valence-electron chi connectivity index (χ3n) is 7.87. The molecule has 1 atom stereocenters. The van der Waals surface area contributed by atoms with Crippen molar-refractivity contribution in [2.24, 2.45) is 11.1 Å². The van der Waals surface area contributed by atoms with Crippen molar-refractivity contribution < 1.29 is 13.9 Å². The first kappa shape index (κ1) is 27.2. The molecule has 3 aromatic rings. The normalized spacial score (nSPS) is 18.5. The molecule has 1 aliphatic carbocycles. The van der Waals surface area contributed by atoms with Crippen molar-refractivity contribution in [3.8, 4) is 11.8 Å². The van der Waals surface area contributed by atoms with Crippen LogP contribution in [0.3, 0.4) is 0 Å². The van der Waals surface area contributed by atoms with Crippen LogP contribution >= 0.6 is 0 Å². The first-order valence-electron chi connectivity index (χ1n) is 13.5. The van der Waals surface area contributed by atoms with Crippen molar-refractivity contribution in [3.05, 3.63) is 117 Å². The zero-order valence-electron chi connectivity index (χ0n) is 23.6. The predicted molar refractivity (Wildman–Crippen MR) is 155 cm³/mol. The van der Waals surface area contributed by atoms with Gasteiger partial charge in [-0.15, -0.1) is 0 Å². The number of benzene rings is 3. The fourth-order valence-electron chi connectivity index (χ4n) is 5.94. The van der Waals surface area contributed by atoms with Gasteiger partial charge in [-0.05, 0) is 79.6 Å². The number of hydrogen-bond donors (Lipinski definition) is 1. The molecule has 0 aromatic heterocycles. The van der Waals surface area contributed by atoms with Crippen LogP contribution in [0.25, 0.3) is 0 Å². The first-order chi connectivity index (χ1) is 19.0. The molecule has 1 heterocycles. The van der Waals surface area contributed by atoms with Gasteiger partial charge in [0.25, 0.3) is 0 Å². The van der Waals surface area contributed by atoms with E-state index in [-0.39, 0.29) is 22.6 Å². The number of halogens is 1. The highest BCUT2D eigenvalue weighted by molar-refractivity contribution is 6.01. The van der Waals surface area contributed by atoms with Crippen molar-refractivity contribution >= 4 is 11.5 Å². The van der Waals surface area contributed by atoms with E-state index in [9.17, 15) is 14.4 Å². The van der Waals surface area contributed by atoms with E-state index < -0.39 is 11.7 Å². The van der Waals surface area contributed by atoms with Gasteiger partial charge in [-0.3, -0.25) is 9.69 Å². The quantitative estimate of drug-likeness (QED) is 0.372. The second-order valence-electron chi connectivity index (χ2n) is 11.7. The summed E-state index contributed by atoms with van der Waals surface area (Å²) in [5.74, 6) is -0.0568. The van der Waals surface area contributed by atoms with Crippen LogP contribution in [-0.2, 0) is 11.4 Å². The van der Waals surface area contributed by atoms with Crippen LogP contribution in [0.2, 0.25) is 0 Å². The van der Waals surface area contributed by atoms with E-state index in [0.29, 0.717) is 30.7 Å². The van der Waals surface area contributed by atoms with Crippen molar-refractivity contribution in [1.29, 1.82) is 5.26 Å². The molecule has 5 nitrogen and oxygen atoms in total. The molecule has 0 fully saturated rings. The molecule has 0 saturated heterocycles. The van der Waals surface area contributed by atoms with Crippen molar-refractivity contribution in [3.63, 3.8) is 0 Å². The van der Waals surface area contributed by atoms with E-state index >= 15 is 0 Å². The largest absolute Gasteiger partial charge is 0.489 e. The lowest BCUT2D eigenvalue weighted by molar-refractivity contribution is -0.118.